The van der Waals surface area contributed by atoms with Gasteiger partial charge >= 0.3 is 12.1 Å². The van der Waals surface area contributed by atoms with Crippen molar-refractivity contribution in [1.82, 2.24) is 30.6 Å². The number of hydrazine groups is 1. The first-order valence-electron chi connectivity index (χ1n) is 8.22. The second-order valence-corrected chi connectivity index (χ2v) is 6.04. The van der Waals surface area contributed by atoms with Crippen LogP contribution in [0.4, 0.5) is 13.2 Å². The lowest BCUT2D eigenvalue weighted by atomic mass is 10.1. The summed E-state index contributed by atoms with van der Waals surface area (Å²) in [6.07, 6.45) is -1.88. The van der Waals surface area contributed by atoms with E-state index in [-0.39, 0.29) is 17.1 Å². The summed E-state index contributed by atoms with van der Waals surface area (Å²) in [5.41, 5.74) is 3.30. The van der Waals surface area contributed by atoms with Gasteiger partial charge in [0.25, 0.3) is 0 Å². The Bertz CT molecular complexity index is 1200. The van der Waals surface area contributed by atoms with Crippen molar-refractivity contribution < 1.29 is 18.0 Å². The molecule has 1 aromatic carbocycles. The van der Waals surface area contributed by atoms with Crippen molar-refractivity contribution in [2.24, 2.45) is 5.84 Å². The van der Waals surface area contributed by atoms with Crippen molar-refractivity contribution in [2.45, 2.75) is 6.18 Å². The fraction of sp³-hybridized carbons (Fsp3) is 0.0556. The smallest absolute Gasteiger partial charge is 0.287 e. The third-order valence-corrected chi connectivity index (χ3v) is 4.15. The third-order valence-electron chi connectivity index (χ3n) is 4.15. The van der Waals surface area contributed by atoms with Gasteiger partial charge in [0.15, 0.2) is 0 Å². The molecule has 0 aliphatic rings. The highest BCUT2D eigenvalue weighted by Gasteiger charge is 2.32. The summed E-state index contributed by atoms with van der Waals surface area (Å²) >= 11 is 0. The number of carbonyl (C=O) groups is 1. The van der Waals surface area contributed by atoms with E-state index >= 15 is 0 Å². The molecule has 3 aromatic heterocycles. The number of rotatable bonds is 3. The predicted molar refractivity (Wildman–Crippen MR) is 97.0 cm³/mol. The van der Waals surface area contributed by atoms with E-state index in [0.29, 0.717) is 11.3 Å². The topological polar surface area (TPSA) is 122 Å². The predicted octanol–water partition coefficient (Wildman–Crippen LogP) is 2.70. The molecule has 0 atom stereocenters. The van der Waals surface area contributed by atoms with E-state index in [0.717, 1.165) is 23.2 Å². The zero-order chi connectivity index (χ0) is 20.6. The van der Waals surface area contributed by atoms with E-state index in [2.05, 4.69) is 25.1 Å². The SMILES string of the molecule is NNC(=O)c1nc(-c2ccc(C(F)(F)F)nc2)cc(-c2ccc3[nH]ncc3c2)n1. The first-order chi connectivity index (χ1) is 13.8. The van der Waals surface area contributed by atoms with Crippen molar-refractivity contribution in [1.29, 1.82) is 0 Å². The Morgan fingerprint density at radius 3 is 2.38 bits per heavy atom. The number of carbonyl (C=O) groups excluding carboxylic acids is 1. The molecule has 0 aliphatic carbocycles. The van der Waals surface area contributed by atoms with E-state index < -0.39 is 17.8 Å². The number of halogens is 3. The number of benzene rings is 1. The molecule has 0 fully saturated rings. The number of nitrogens with one attached hydrogen (secondary N) is 2. The molecule has 11 heteroatoms. The van der Waals surface area contributed by atoms with E-state index in [1.165, 1.54) is 6.07 Å². The van der Waals surface area contributed by atoms with Gasteiger partial charge in [0, 0.05) is 22.7 Å². The lowest BCUT2D eigenvalue weighted by Gasteiger charge is -2.09. The number of nitrogens with two attached hydrogens (primary N) is 1. The first kappa shape index (κ1) is 18.5. The number of H-pyrrole nitrogens is 1. The fourth-order valence-corrected chi connectivity index (χ4v) is 2.72. The van der Waals surface area contributed by atoms with Crippen LogP contribution in [0.25, 0.3) is 33.4 Å². The van der Waals surface area contributed by atoms with Gasteiger partial charge in [-0.2, -0.15) is 18.3 Å². The van der Waals surface area contributed by atoms with Gasteiger partial charge in [-0.25, -0.2) is 15.8 Å². The molecule has 0 unspecified atom stereocenters. The van der Waals surface area contributed by atoms with Gasteiger partial charge in [-0.1, -0.05) is 6.07 Å². The van der Waals surface area contributed by atoms with Crippen molar-refractivity contribution in [3.05, 3.63) is 60.3 Å². The number of nitrogen functional groups attached to an aromatic ring is 1. The van der Waals surface area contributed by atoms with Crippen molar-refractivity contribution in [3.8, 4) is 22.5 Å². The standard InChI is InChI=1S/C18H12F3N7O/c19-18(20,21)15-4-2-10(7-23-15)14-6-13(25-16(26-14)17(29)27-22)9-1-3-12-11(5-9)8-24-28-12/h1-8H,22H2,(H,24,28)(H,27,29). The Morgan fingerprint density at radius 2 is 1.72 bits per heavy atom. The number of hydrogen-bond acceptors (Lipinski definition) is 6. The van der Waals surface area contributed by atoms with Gasteiger partial charge < -0.3 is 0 Å². The quantitative estimate of drug-likeness (QED) is 0.277. The summed E-state index contributed by atoms with van der Waals surface area (Å²) in [5, 5.41) is 7.60. The number of fused-ring (bicyclic) bond motifs is 1. The highest BCUT2D eigenvalue weighted by molar-refractivity contribution is 5.91. The third kappa shape index (κ3) is 3.62. The Labute approximate surface area is 161 Å². The van der Waals surface area contributed by atoms with Crippen LogP contribution in [0.1, 0.15) is 16.3 Å². The van der Waals surface area contributed by atoms with E-state index in [1.807, 2.05) is 5.43 Å². The van der Waals surface area contributed by atoms with E-state index in [9.17, 15) is 18.0 Å². The molecule has 0 radical (unpaired) electrons. The molecule has 146 valence electrons. The summed E-state index contributed by atoms with van der Waals surface area (Å²) in [5.74, 6) is 4.21. The van der Waals surface area contributed by atoms with Crippen LogP contribution in [0.15, 0.2) is 48.8 Å². The van der Waals surface area contributed by atoms with Gasteiger partial charge in [0.1, 0.15) is 5.69 Å². The molecular formula is C18H12F3N7O. The lowest BCUT2D eigenvalue weighted by Crippen LogP contribution is -2.31. The minimum atomic E-state index is -4.56. The number of aromatic nitrogens is 5. The van der Waals surface area contributed by atoms with Crippen LogP contribution in [0.3, 0.4) is 0 Å². The Hall–Kier alpha value is -3.86. The highest BCUT2D eigenvalue weighted by Crippen LogP contribution is 2.30. The Morgan fingerprint density at radius 1 is 1.00 bits per heavy atom. The monoisotopic (exact) mass is 399 g/mol. The summed E-state index contributed by atoms with van der Waals surface area (Å²) < 4.78 is 38.3. The van der Waals surface area contributed by atoms with Crippen LogP contribution in [0.2, 0.25) is 0 Å². The molecule has 0 saturated carbocycles. The van der Waals surface area contributed by atoms with Gasteiger partial charge in [-0.05, 0) is 30.3 Å². The number of nitrogens with zero attached hydrogens (tertiary/aromatic N) is 4. The number of pyridine rings is 1. The van der Waals surface area contributed by atoms with Crippen LogP contribution in [-0.2, 0) is 6.18 Å². The average molecular weight is 399 g/mol. The summed E-state index contributed by atoms with van der Waals surface area (Å²) in [4.78, 5) is 23.7. The second kappa shape index (κ2) is 6.95. The molecule has 4 N–H and O–H groups in total. The molecule has 1 amide bonds. The minimum Gasteiger partial charge on any atom is -0.287 e. The van der Waals surface area contributed by atoms with Gasteiger partial charge in [0.05, 0.1) is 23.1 Å². The maximum Gasteiger partial charge on any atom is 0.433 e. The first-order valence-corrected chi connectivity index (χ1v) is 8.22. The maximum atomic E-state index is 12.8. The molecule has 3 heterocycles. The molecule has 4 rings (SSSR count). The second-order valence-electron chi connectivity index (χ2n) is 6.04. The molecule has 0 spiro atoms. The summed E-state index contributed by atoms with van der Waals surface area (Å²) in [7, 11) is 0. The zero-order valence-corrected chi connectivity index (χ0v) is 14.5. The molecule has 8 nitrogen and oxygen atoms in total. The molecule has 0 bridgehead atoms. The largest absolute Gasteiger partial charge is 0.433 e. The molecule has 0 saturated heterocycles. The number of amides is 1. The Balaban J connectivity index is 1.83. The zero-order valence-electron chi connectivity index (χ0n) is 14.5. The van der Waals surface area contributed by atoms with Gasteiger partial charge in [-0.3, -0.25) is 20.3 Å². The molecular weight excluding hydrogens is 387 g/mol. The van der Waals surface area contributed by atoms with Gasteiger partial charge in [0.2, 0.25) is 5.82 Å². The van der Waals surface area contributed by atoms with E-state index in [4.69, 9.17) is 5.84 Å². The van der Waals surface area contributed by atoms with Crippen LogP contribution >= 0.6 is 0 Å². The maximum absolute atomic E-state index is 12.8. The van der Waals surface area contributed by atoms with Crippen LogP contribution < -0.4 is 11.3 Å². The van der Waals surface area contributed by atoms with Crippen LogP contribution in [0, 0.1) is 0 Å². The molecule has 29 heavy (non-hydrogen) atoms. The lowest BCUT2D eigenvalue weighted by molar-refractivity contribution is -0.141. The van der Waals surface area contributed by atoms with Crippen molar-refractivity contribution >= 4 is 16.8 Å². The number of alkyl halides is 3. The van der Waals surface area contributed by atoms with Crippen LogP contribution in [-0.4, -0.2) is 31.1 Å². The van der Waals surface area contributed by atoms with Crippen molar-refractivity contribution in [2.75, 3.05) is 0 Å². The van der Waals surface area contributed by atoms with Crippen molar-refractivity contribution in [3.63, 3.8) is 0 Å². The van der Waals surface area contributed by atoms with Crippen LogP contribution in [0.5, 0.6) is 0 Å². The summed E-state index contributed by atoms with van der Waals surface area (Å²) in [6.45, 7) is 0. The molecule has 4 aromatic rings. The molecule has 0 aliphatic heterocycles. The fourth-order valence-electron chi connectivity index (χ4n) is 2.72. The number of aromatic amines is 1. The average Bonchev–Trinajstić information content (AvgIpc) is 3.20. The number of hydrogen-bond donors (Lipinski definition) is 3. The Kier molecular flexibility index (Phi) is 4.43. The highest BCUT2D eigenvalue weighted by atomic mass is 19.4. The normalized spacial score (nSPS) is 11.6. The van der Waals surface area contributed by atoms with Gasteiger partial charge in [-0.15, -0.1) is 0 Å². The summed E-state index contributed by atoms with van der Waals surface area (Å²) in [6, 6.07) is 8.99. The van der Waals surface area contributed by atoms with E-state index in [1.54, 1.807) is 30.5 Å². The minimum absolute atomic E-state index is 0.224.